The van der Waals surface area contributed by atoms with E-state index in [1.807, 2.05) is 13.0 Å². The van der Waals surface area contributed by atoms with Gasteiger partial charge in [-0.05, 0) is 55.2 Å². The molecule has 90 valence electrons. The molecule has 0 N–H and O–H groups in total. The lowest BCUT2D eigenvalue weighted by Gasteiger charge is -2.05. The molecule has 0 amide bonds. The van der Waals surface area contributed by atoms with E-state index in [0.29, 0.717) is 17.5 Å². The Kier molecular flexibility index (Phi) is 4.02. The zero-order valence-corrected chi connectivity index (χ0v) is 12.1. The first-order valence-electron chi connectivity index (χ1n) is 5.42. The maximum Gasteiger partial charge on any atom is 0.191 e. The third-order valence-corrected chi connectivity index (χ3v) is 4.72. The summed E-state index contributed by atoms with van der Waals surface area (Å²) in [6, 6.07) is 6.19. The molecule has 1 heterocycles. The number of alkyl halides is 1. The van der Waals surface area contributed by atoms with E-state index in [1.165, 1.54) is 20.5 Å². The molecule has 0 unspecified atom stereocenters. The van der Waals surface area contributed by atoms with E-state index >= 15 is 0 Å². The van der Waals surface area contributed by atoms with Gasteiger partial charge in [0.05, 0.1) is 12.5 Å². The summed E-state index contributed by atoms with van der Waals surface area (Å²) >= 11 is 12.9. The first-order valence-corrected chi connectivity index (χ1v) is 7.18. The van der Waals surface area contributed by atoms with Gasteiger partial charge in [0.2, 0.25) is 0 Å². The predicted octanol–water partition coefficient (Wildman–Crippen LogP) is 4.66. The van der Waals surface area contributed by atoms with Crippen LogP contribution in [0.15, 0.2) is 18.2 Å². The Bertz CT molecular complexity index is 560. The Labute approximate surface area is 115 Å². The summed E-state index contributed by atoms with van der Waals surface area (Å²) in [7, 11) is 0. The van der Waals surface area contributed by atoms with E-state index in [2.05, 4.69) is 19.1 Å². The highest BCUT2D eigenvalue weighted by Crippen LogP contribution is 2.32. The number of thiocarbonyl (C=S) groups is 1. The molecule has 2 rings (SSSR count). The molecule has 0 aliphatic carbocycles. The molecule has 0 radical (unpaired) electrons. The van der Waals surface area contributed by atoms with Gasteiger partial charge < -0.3 is 4.74 Å². The molecule has 1 aromatic carbocycles. The predicted molar refractivity (Wildman–Crippen MR) is 79.4 cm³/mol. The Morgan fingerprint density at radius 3 is 2.88 bits per heavy atom. The first kappa shape index (κ1) is 12.8. The van der Waals surface area contributed by atoms with Crippen molar-refractivity contribution in [3.63, 3.8) is 0 Å². The van der Waals surface area contributed by atoms with Crippen molar-refractivity contribution in [1.29, 1.82) is 0 Å². The molecule has 0 saturated carbocycles. The van der Waals surface area contributed by atoms with Crippen LogP contribution in [0.25, 0.3) is 10.1 Å². The van der Waals surface area contributed by atoms with Crippen LogP contribution < -0.4 is 0 Å². The van der Waals surface area contributed by atoms with Crippen molar-refractivity contribution in [2.75, 3.05) is 6.61 Å². The fraction of sp³-hybridized carbons (Fsp3) is 0.308. The number of hydrogen-bond donors (Lipinski definition) is 0. The van der Waals surface area contributed by atoms with Gasteiger partial charge in [-0.15, -0.1) is 22.9 Å². The lowest BCUT2D eigenvalue weighted by Crippen LogP contribution is -2.02. The molecular weight excluding hydrogens is 272 g/mol. The number of halogens is 1. The SMILES string of the molecule is CCOC(=S)c1ccc2sc(CCl)c(C)c2c1. The maximum atomic E-state index is 5.92. The molecule has 0 fully saturated rings. The van der Waals surface area contributed by atoms with Crippen molar-refractivity contribution in [1.82, 2.24) is 0 Å². The second kappa shape index (κ2) is 5.34. The number of thiophene rings is 1. The largest absolute Gasteiger partial charge is 0.483 e. The lowest BCUT2D eigenvalue weighted by atomic mass is 10.1. The van der Waals surface area contributed by atoms with Crippen LogP contribution >= 0.6 is 35.2 Å². The van der Waals surface area contributed by atoms with E-state index in [1.54, 1.807) is 11.3 Å². The molecule has 2 aromatic rings. The lowest BCUT2D eigenvalue weighted by molar-refractivity contribution is 0.337. The van der Waals surface area contributed by atoms with Crippen LogP contribution in [0.2, 0.25) is 0 Å². The van der Waals surface area contributed by atoms with Crippen molar-refractivity contribution in [3.05, 3.63) is 34.2 Å². The minimum atomic E-state index is 0.562. The number of fused-ring (bicyclic) bond motifs is 1. The van der Waals surface area contributed by atoms with Crippen molar-refractivity contribution >= 4 is 50.3 Å². The second-order valence-electron chi connectivity index (χ2n) is 3.72. The quantitative estimate of drug-likeness (QED) is 0.599. The molecule has 0 atom stereocenters. The number of benzene rings is 1. The maximum absolute atomic E-state index is 5.92. The molecule has 4 heteroatoms. The molecule has 0 saturated heterocycles. The average Bonchev–Trinajstić information content (AvgIpc) is 2.66. The number of rotatable bonds is 3. The molecule has 0 aliphatic heterocycles. The monoisotopic (exact) mass is 284 g/mol. The van der Waals surface area contributed by atoms with Crippen LogP contribution in [0.1, 0.15) is 22.9 Å². The number of hydrogen-bond acceptors (Lipinski definition) is 3. The van der Waals surface area contributed by atoms with Gasteiger partial charge in [-0.1, -0.05) is 0 Å². The zero-order chi connectivity index (χ0) is 12.4. The summed E-state index contributed by atoms with van der Waals surface area (Å²) < 4.78 is 6.61. The van der Waals surface area contributed by atoms with E-state index in [9.17, 15) is 0 Å². The topological polar surface area (TPSA) is 9.23 Å². The normalized spacial score (nSPS) is 10.8. The fourth-order valence-corrected chi connectivity index (χ4v) is 3.39. The van der Waals surface area contributed by atoms with Crippen molar-refractivity contribution < 1.29 is 4.74 Å². The van der Waals surface area contributed by atoms with E-state index < -0.39 is 0 Å². The van der Waals surface area contributed by atoms with Gasteiger partial charge in [0.1, 0.15) is 0 Å². The highest BCUT2D eigenvalue weighted by Gasteiger charge is 2.10. The highest BCUT2D eigenvalue weighted by atomic mass is 35.5. The van der Waals surface area contributed by atoms with Crippen molar-refractivity contribution in [2.45, 2.75) is 19.7 Å². The zero-order valence-electron chi connectivity index (χ0n) is 9.75. The molecule has 17 heavy (non-hydrogen) atoms. The van der Waals surface area contributed by atoms with Gasteiger partial charge in [0.15, 0.2) is 5.05 Å². The third kappa shape index (κ3) is 2.46. The Balaban J connectivity index is 2.49. The Hall–Kier alpha value is -0.640. The minimum absolute atomic E-state index is 0.562. The smallest absolute Gasteiger partial charge is 0.191 e. The number of aryl methyl sites for hydroxylation is 1. The molecule has 0 aliphatic rings. The fourth-order valence-electron chi connectivity index (χ4n) is 1.74. The summed E-state index contributed by atoms with van der Waals surface area (Å²) in [5.41, 5.74) is 2.22. The standard InChI is InChI=1S/C13H13ClOS2/c1-3-15-13(16)9-4-5-11-10(6-9)8(2)12(7-14)17-11/h4-6H,3,7H2,1-2H3. The van der Waals surface area contributed by atoms with E-state index in [4.69, 9.17) is 28.6 Å². The Morgan fingerprint density at radius 2 is 2.24 bits per heavy atom. The molecular formula is C13H13ClOS2. The summed E-state index contributed by atoms with van der Waals surface area (Å²) in [6.45, 7) is 4.64. The molecule has 0 spiro atoms. The van der Waals surface area contributed by atoms with Gasteiger partial charge >= 0.3 is 0 Å². The molecule has 1 nitrogen and oxygen atoms in total. The van der Waals surface area contributed by atoms with Crippen molar-refractivity contribution in [2.24, 2.45) is 0 Å². The summed E-state index contributed by atoms with van der Waals surface area (Å²) in [6.07, 6.45) is 0. The van der Waals surface area contributed by atoms with Crippen LogP contribution in [-0.4, -0.2) is 11.7 Å². The van der Waals surface area contributed by atoms with Crippen LogP contribution in [-0.2, 0) is 10.6 Å². The van der Waals surface area contributed by atoms with Gasteiger partial charge in [-0.25, -0.2) is 0 Å². The first-order chi connectivity index (χ1) is 8.17. The Morgan fingerprint density at radius 1 is 1.47 bits per heavy atom. The summed E-state index contributed by atoms with van der Waals surface area (Å²) in [5, 5.41) is 1.79. The number of ether oxygens (including phenoxy) is 1. The van der Waals surface area contributed by atoms with Gasteiger partial charge in [0, 0.05) is 15.1 Å². The van der Waals surface area contributed by atoms with Crippen LogP contribution in [0.3, 0.4) is 0 Å². The van der Waals surface area contributed by atoms with Crippen LogP contribution in [0.4, 0.5) is 0 Å². The third-order valence-electron chi connectivity index (χ3n) is 2.67. The highest BCUT2D eigenvalue weighted by molar-refractivity contribution is 7.80. The van der Waals surface area contributed by atoms with Gasteiger partial charge in [-0.2, -0.15) is 0 Å². The van der Waals surface area contributed by atoms with E-state index in [0.717, 1.165) is 5.56 Å². The van der Waals surface area contributed by atoms with Gasteiger partial charge in [0.25, 0.3) is 0 Å². The average molecular weight is 285 g/mol. The van der Waals surface area contributed by atoms with E-state index in [-0.39, 0.29) is 0 Å². The summed E-state index contributed by atoms with van der Waals surface area (Å²) in [4.78, 5) is 1.22. The molecule has 1 aromatic heterocycles. The van der Waals surface area contributed by atoms with Crippen LogP contribution in [0.5, 0.6) is 0 Å². The molecule has 0 bridgehead atoms. The second-order valence-corrected chi connectivity index (χ2v) is 5.49. The minimum Gasteiger partial charge on any atom is -0.483 e. The summed E-state index contributed by atoms with van der Waals surface area (Å²) in [5.74, 6) is 0.566. The van der Waals surface area contributed by atoms with Crippen LogP contribution in [0, 0.1) is 6.92 Å². The van der Waals surface area contributed by atoms with Crippen molar-refractivity contribution in [3.8, 4) is 0 Å². The van der Waals surface area contributed by atoms with Gasteiger partial charge in [-0.3, -0.25) is 0 Å².